The summed E-state index contributed by atoms with van der Waals surface area (Å²) >= 11 is 0. The molecule has 69 heavy (non-hydrogen) atoms. The third-order valence-corrected chi connectivity index (χ3v) is 12.6. The summed E-state index contributed by atoms with van der Waals surface area (Å²) in [5.41, 5.74) is 2.54. The molecule has 362 valence electrons. The number of carbonyl (C=O) groups is 4. The fourth-order valence-electron chi connectivity index (χ4n) is 7.96. The highest BCUT2D eigenvalue weighted by Crippen LogP contribution is 2.33. The molecule has 4 amide bonds. The minimum absolute atomic E-state index is 0.00429. The number of nitrogens with one attached hydrogen (secondary N) is 4. The van der Waals surface area contributed by atoms with Crippen LogP contribution < -0.4 is 20.7 Å². The predicted molar refractivity (Wildman–Crippen MR) is 244 cm³/mol. The third-order valence-electron chi connectivity index (χ3n) is 11.1. The molecule has 0 saturated carbocycles. The number of aryl methyl sites for hydroxylation is 1. The van der Waals surface area contributed by atoms with E-state index in [9.17, 15) is 27.6 Å². The summed E-state index contributed by atoms with van der Waals surface area (Å²) in [6.07, 6.45) is 2.78. The fraction of sp³-hybridized carbons (Fsp3) is 0.356. The fourth-order valence-corrected chi connectivity index (χ4v) is 8.97. The molecule has 4 N–H and O–H groups in total. The number of imide groups is 2. The van der Waals surface area contributed by atoms with Crippen molar-refractivity contribution in [2.45, 2.75) is 63.7 Å². The first-order chi connectivity index (χ1) is 33.2. The van der Waals surface area contributed by atoms with Crippen molar-refractivity contribution in [2.24, 2.45) is 0 Å². The first-order valence-electron chi connectivity index (χ1n) is 22.0. The molecule has 6 aromatic rings. The van der Waals surface area contributed by atoms with Crippen LogP contribution in [0.3, 0.4) is 0 Å². The number of anilines is 3. The van der Waals surface area contributed by atoms with Crippen molar-refractivity contribution >= 4 is 62.0 Å². The van der Waals surface area contributed by atoms with Crippen molar-refractivity contribution in [3.63, 3.8) is 0 Å². The van der Waals surface area contributed by atoms with Gasteiger partial charge < -0.3 is 29.4 Å². The lowest BCUT2D eigenvalue weighted by atomic mass is 10.0. The summed E-state index contributed by atoms with van der Waals surface area (Å²) < 4.78 is 78.9. The van der Waals surface area contributed by atoms with Gasteiger partial charge in [-0.3, -0.25) is 29.4 Å². The first kappa shape index (κ1) is 48.3. The molecule has 8 rings (SSSR count). The Hall–Kier alpha value is -7.12. The number of sulfonamides is 1. The van der Waals surface area contributed by atoms with Crippen molar-refractivity contribution in [3.8, 4) is 11.3 Å². The zero-order valence-electron chi connectivity index (χ0n) is 37.7. The van der Waals surface area contributed by atoms with Crippen LogP contribution in [0, 0.1) is 18.6 Å². The Bertz CT molecular complexity index is 3020. The Balaban J connectivity index is 0.705. The van der Waals surface area contributed by atoms with E-state index in [1.54, 1.807) is 36.0 Å². The van der Waals surface area contributed by atoms with Gasteiger partial charge >= 0.3 is 0 Å². The van der Waals surface area contributed by atoms with E-state index in [0.29, 0.717) is 61.3 Å². The maximum atomic E-state index is 15.1. The van der Waals surface area contributed by atoms with E-state index in [0.717, 1.165) is 11.1 Å². The standard InChI is InChI=1S/C45H48F2N12O9S/c1-26(2)58-27(3)51-41-33(46)21-28(22-37(41)58)40-34(47)23-49-45(54-40)52-29-7-9-31(10-8-29)69(64,65)50-14-17-68-25-30-24-57(56-55-30)15-18-67-20-19-66-16-13-48-35-6-4-5-32-39(35)44(63)59(43(32)62)36-11-12-38(60)53-42(36)61/h4-10,21-24,26,36,48,50H,11-20,25H2,1-3H3,(H,49,52,54)(H,53,60,61). The Morgan fingerprint density at radius 1 is 0.899 bits per heavy atom. The highest BCUT2D eigenvalue weighted by Gasteiger charge is 2.45. The van der Waals surface area contributed by atoms with Crippen LogP contribution in [0.5, 0.6) is 0 Å². The number of rotatable bonds is 22. The van der Waals surface area contributed by atoms with Crippen molar-refractivity contribution in [1.29, 1.82) is 0 Å². The smallest absolute Gasteiger partial charge is 0.264 e. The first-order valence-corrected chi connectivity index (χ1v) is 23.4. The minimum Gasteiger partial charge on any atom is -0.382 e. The molecule has 5 heterocycles. The minimum atomic E-state index is -3.90. The highest BCUT2D eigenvalue weighted by molar-refractivity contribution is 7.89. The summed E-state index contributed by atoms with van der Waals surface area (Å²) in [7, 11) is -3.90. The van der Waals surface area contributed by atoms with E-state index in [1.807, 2.05) is 18.4 Å². The molecule has 1 fully saturated rings. The van der Waals surface area contributed by atoms with Crippen LogP contribution in [0.4, 0.5) is 26.1 Å². The average molecular weight is 971 g/mol. The Morgan fingerprint density at radius 2 is 1.67 bits per heavy atom. The number of benzene rings is 3. The lowest BCUT2D eigenvalue weighted by molar-refractivity contribution is -0.136. The largest absolute Gasteiger partial charge is 0.382 e. The van der Waals surface area contributed by atoms with Gasteiger partial charge in [0, 0.05) is 42.5 Å². The molecule has 2 aliphatic rings. The SMILES string of the molecule is Cc1nc2c(F)cc(-c3nc(Nc4ccc(S(=O)(=O)NCCOCc5cn(CCOCCOCCNc6cccc7c6C(=O)N(C6CCC(=O)NC6=O)C7=O)nn5)cc4)ncc3F)cc2n1C(C)C. The van der Waals surface area contributed by atoms with E-state index in [2.05, 4.69) is 45.9 Å². The van der Waals surface area contributed by atoms with Gasteiger partial charge in [-0.2, -0.15) is 0 Å². The van der Waals surface area contributed by atoms with Gasteiger partial charge in [0.2, 0.25) is 27.8 Å². The van der Waals surface area contributed by atoms with Crippen molar-refractivity contribution in [3.05, 3.63) is 101 Å². The number of fused-ring (bicyclic) bond motifs is 2. The van der Waals surface area contributed by atoms with Crippen LogP contribution in [0.2, 0.25) is 0 Å². The Kier molecular flexibility index (Phi) is 14.7. The van der Waals surface area contributed by atoms with Gasteiger partial charge in [-0.25, -0.2) is 41.6 Å². The van der Waals surface area contributed by atoms with E-state index in [-0.39, 0.29) is 84.0 Å². The van der Waals surface area contributed by atoms with Gasteiger partial charge in [0.15, 0.2) is 11.6 Å². The molecule has 1 saturated heterocycles. The van der Waals surface area contributed by atoms with Crippen LogP contribution in [-0.4, -0.2) is 124 Å². The number of carbonyl (C=O) groups excluding carboxylic acids is 4. The number of halogens is 2. The normalized spacial score (nSPS) is 15.1. The van der Waals surface area contributed by atoms with Crippen LogP contribution >= 0.6 is 0 Å². The zero-order valence-corrected chi connectivity index (χ0v) is 38.5. The average Bonchev–Trinajstić information content (AvgIpc) is 3.99. The van der Waals surface area contributed by atoms with E-state index >= 15 is 8.78 Å². The summed E-state index contributed by atoms with van der Waals surface area (Å²) in [4.78, 5) is 63.8. The van der Waals surface area contributed by atoms with Crippen molar-refractivity contribution < 1.29 is 50.6 Å². The molecule has 0 spiro atoms. The molecule has 0 aliphatic carbocycles. The maximum Gasteiger partial charge on any atom is 0.264 e. The van der Waals surface area contributed by atoms with Crippen LogP contribution in [0.25, 0.3) is 22.3 Å². The Labute approximate surface area is 394 Å². The molecule has 24 heteroatoms. The molecule has 1 atom stereocenters. The number of imidazole rings is 1. The number of aromatic nitrogens is 7. The lowest BCUT2D eigenvalue weighted by Crippen LogP contribution is -2.54. The third kappa shape index (κ3) is 10.9. The van der Waals surface area contributed by atoms with Crippen LogP contribution in [0.1, 0.15) is 65.0 Å². The molecule has 3 aromatic heterocycles. The van der Waals surface area contributed by atoms with E-state index < -0.39 is 51.3 Å². The molecular weight excluding hydrogens is 923 g/mol. The topological polar surface area (TPSA) is 256 Å². The quantitative estimate of drug-likeness (QED) is 0.0553. The number of hydrogen-bond donors (Lipinski definition) is 4. The Morgan fingerprint density at radius 3 is 2.43 bits per heavy atom. The van der Waals surface area contributed by atoms with Gasteiger partial charge in [-0.15, -0.1) is 5.10 Å². The molecule has 0 bridgehead atoms. The number of nitrogens with zero attached hydrogens (tertiary/aromatic N) is 8. The molecular formula is C45H48F2N12O9S. The lowest BCUT2D eigenvalue weighted by Gasteiger charge is -2.27. The second kappa shape index (κ2) is 21.0. The van der Waals surface area contributed by atoms with Gasteiger partial charge in [0.1, 0.15) is 28.8 Å². The number of hydrogen-bond acceptors (Lipinski definition) is 16. The summed E-state index contributed by atoms with van der Waals surface area (Å²) in [6.45, 7) is 7.74. The second-order valence-corrected chi connectivity index (χ2v) is 18.0. The number of amides is 4. The molecule has 1 unspecified atom stereocenters. The highest BCUT2D eigenvalue weighted by atomic mass is 32.2. The number of ether oxygens (including phenoxy) is 3. The molecule has 0 radical (unpaired) electrons. The van der Waals surface area contributed by atoms with Crippen molar-refractivity contribution in [1.82, 2.24) is 49.5 Å². The predicted octanol–water partition coefficient (Wildman–Crippen LogP) is 4.04. The summed E-state index contributed by atoms with van der Waals surface area (Å²) in [5.74, 6) is -3.00. The summed E-state index contributed by atoms with van der Waals surface area (Å²) in [6, 6.07) is 12.4. The van der Waals surface area contributed by atoms with Gasteiger partial charge in [0.25, 0.3) is 11.8 Å². The van der Waals surface area contributed by atoms with Crippen LogP contribution in [0.15, 0.2) is 71.9 Å². The second-order valence-electron chi connectivity index (χ2n) is 16.2. The van der Waals surface area contributed by atoms with E-state index in [1.165, 1.54) is 36.4 Å². The van der Waals surface area contributed by atoms with Gasteiger partial charge in [-0.05, 0) is 75.7 Å². The molecule has 3 aromatic carbocycles. The summed E-state index contributed by atoms with van der Waals surface area (Å²) in [5, 5.41) is 16.4. The maximum absolute atomic E-state index is 15.1. The monoisotopic (exact) mass is 970 g/mol. The molecule has 21 nitrogen and oxygen atoms in total. The van der Waals surface area contributed by atoms with E-state index in [4.69, 9.17) is 14.2 Å². The van der Waals surface area contributed by atoms with Gasteiger partial charge in [0.05, 0.1) is 80.1 Å². The van der Waals surface area contributed by atoms with Crippen molar-refractivity contribution in [2.75, 3.05) is 56.8 Å². The van der Waals surface area contributed by atoms with Gasteiger partial charge in [-0.1, -0.05) is 11.3 Å². The molecule has 2 aliphatic heterocycles. The zero-order chi connectivity index (χ0) is 48.8. The number of piperidine rings is 1. The van der Waals surface area contributed by atoms with Crippen LogP contribution in [-0.2, 0) is 47.0 Å².